The average Bonchev–Trinajstić information content (AvgIpc) is 2.67. The number of ether oxygens (including phenoxy) is 1. The number of carbonyl (C=O) groups is 3. The molecule has 0 unspecified atom stereocenters. The summed E-state index contributed by atoms with van der Waals surface area (Å²) < 4.78 is 5.23. The molecule has 8 heteroatoms. The van der Waals surface area contributed by atoms with Crippen molar-refractivity contribution in [2.75, 3.05) is 19.0 Å². The molecule has 2 rings (SSSR count). The predicted octanol–water partition coefficient (Wildman–Crippen LogP) is 2.90. The molecule has 0 saturated heterocycles. The Morgan fingerprint density at radius 2 is 1.69 bits per heavy atom. The third-order valence-corrected chi connectivity index (χ3v) is 4.04. The molecule has 0 saturated carbocycles. The van der Waals surface area contributed by atoms with Crippen molar-refractivity contribution in [2.45, 2.75) is 26.3 Å². The van der Waals surface area contributed by atoms with E-state index in [0.29, 0.717) is 30.0 Å². The molecule has 2 aromatic rings. The van der Waals surface area contributed by atoms with Crippen LogP contribution in [0, 0.1) is 0 Å². The summed E-state index contributed by atoms with van der Waals surface area (Å²) in [6, 6.07) is 10.9. The van der Waals surface area contributed by atoms with Gasteiger partial charge in [0, 0.05) is 23.8 Å². The molecule has 154 valence electrons. The van der Waals surface area contributed by atoms with Crippen LogP contribution in [0.2, 0.25) is 0 Å². The highest BCUT2D eigenvalue weighted by atomic mass is 16.5. The molecule has 29 heavy (non-hydrogen) atoms. The maximum Gasteiger partial charge on any atom is 0.335 e. The van der Waals surface area contributed by atoms with E-state index >= 15 is 0 Å². The molecule has 0 heterocycles. The fraction of sp³-hybridized carbons (Fsp3) is 0.286. The Kier molecular flexibility index (Phi) is 7.59. The number of urea groups is 1. The second kappa shape index (κ2) is 10.1. The Labute approximate surface area is 169 Å². The molecule has 3 amide bonds. The van der Waals surface area contributed by atoms with Gasteiger partial charge < -0.3 is 25.8 Å². The molecule has 0 fully saturated rings. The Bertz CT molecular complexity index is 878. The lowest BCUT2D eigenvalue weighted by Crippen LogP contribution is -2.34. The lowest BCUT2D eigenvalue weighted by atomic mass is 10.1. The first-order valence-corrected chi connectivity index (χ1v) is 9.16. The van der Waals surface area contributed by atoms with Gasteiger partial charge in [0.25, 0.3) is 5.91 Å². The molecular formula is C21H25N3O5. The topological polar surface area (TPSA) is 117 Å². The third kappa shape index (κ3) is 6.53. The van der Waals surface area contributed by atoms with Gasteiger partial charge in [0.1, 0.15) is 5.75 Å². The number of aromatic carboxylic acids is 1. The first kappa shape index (κ1) is 21.7. The van der Waals surface area contributed by atoms with Crippen LogP contribution in [0.5, 0.6) is 5.75 Å². The first-order chi connectivity index (χ1) is 13.8. The first-order valence-electron chi connectivity index (χ1n) is 9.16. The largest absolute Gasteiger partial charge is 0.496 e. The zero-order valence-corrected chi connectivity index (χ0v) is 16.6. The van der Waals surface area contributed by atoms with Gasteiger partial charge in [-0.2, -0.15) is 0 Å². The van der Waals surface area contributed by atoms with Gasteiger partial charge in [-0.15, -0.1) is 0 Å². The van der Waals surface area contributed by atoms with Crippen molar-refractivity contribution in [1.29, 1.82) is 0 Å². The van der Waals surface area contributed by atoms with E-state index in [2.05, 4.69) is 16.0 Å². The van der Waals surface area contributed by atoms with E-state index in [1.807, 2.05) is 13.8 Å². The second-order valence-corrected chi connectivity index (χ2v) is 6.67. The van der Waals surface area contributed by atoms with Crippen molar-refractivity contribution in [3.05, 3.63) is 59.2 Å². The number of hydrogen-bond acceptors (Lipinski definition) is 4. The van der Waals surface area contributed by atoms with E-state index in [1.54, 1.807) is 30.3 Å². The highest BCUT2D eigenvalue weighted by Gasteiger charge is 2.11. The van der Waals surface area contributed by atoms with Gasteiger partial charge in [-0.25, -0.2) is 9.59 Å². The number of carbonyl (C=O) groups excluding carboxylic acids is 2. The monoisotopic (exact) mass is 399 g/mol. The minimum atomic E-state index is -1.03. The highest BCUT2D eigenvalue weighted by Crippen LogP contribution is 2.20. The van der Waals surface area contributed by atoms with Gasteiger partial charge in [-0.05, 0) is 62.2 Å². The zero-order valence-electron chi connectivity index (χ0n) is 16.6. The molecule has 0 aliphatic rings. The summed E-state index contributed by atoms with van der Waals surface area (Å²) in [6.45, 7) is 4.09. The van der Waals surface area contributed by atoms with Gasteiger partial charge in [0.05, 0.1) is 12.7 Å². The zero-order chi connectivity index (χ0) is 21.4. The Morgan fingerprint density at radius 1 is 1.03 bits per heavy atom. The number of anilines is 1. The summed E-state index contributed by atoms with van der Waals surface area (Å²) in [5.41, 5.74) is 2.00. The average molecular weight is 399 g/mol. The number of hydrogen-bond donors (Lipinski definition) is 4. The fourth-order valence-corrected chi connectivity index (χ4v) is 2.63. The SMILES string of the molecule is COc1cc(C(=O)O)ccc1CCNC(=O)c1ccc(NC(=O)NC(C)C)cc1. The normalized spacial score (nSPS) is 10.3. The standard InChI is InChI=1S/C21H25N3O5/c1-13(2)23-21(28)24-17-8-6-15(7-9-17)19(25)22-11-10-14-4-5-16(20(26)27)12-18(14)29-3/h4-9,12-13H,10-11H2,1-3H3,(H,22,25)(H,26,27)(H2,23,24,28). The van der Waals surface area contributed by atoms with E-state index in [-0.39, 0.29) is 23.5 Å². The molecule has 0 aromatic heterocycles. The third-order valence-electron chi connectivity index (χ3n) is 4.04. The number of benzene rings is 2. The van der Waals surface area contributed by atoms with Crippen LogP contribution in [0.25, 0.3) is 0 Å². The van der Waals surface area contributed by atoms with Crippen molar-refractivity contribution in [3.8, 4) is 5.75 Å². The molecule has 2 aromatic carbocycles. The lowest BCUT2D eigenvalue weighted by molar-refractivity contribution is 0.0696. The van der Waals surface area contributed by atoms with Crippen LogP contribution in [0.4, 0.5) is 10.5 Å². The van der Waals surface area contributed by atoms with Crippen molar-refractivity contribution in [3.63, 3.8) is 0 Å². The number of amides is 3. The maximum atomic E-state index is 12.3. The summed E-state index contributed by atoms with van der Waals surface area (Å²) in [7, 11) is 1.47. The van der Waals surface area contributed by atoms with Gasteiger partial charge in [-0.1, -0.05) is 6.07 Å². The lowest BCUT2D eigenvalue weighted by Gasteiger charge is -2.11. The molecule has 0 radical (unpaired) electrons. The number of nitrogens with one attached hydrogen (secondary N) is 3. The van der Waals surface area contributed by atoms with Crippen LogP contribution in [0.1, 0.15) is 40.1 Å². The van der Waals surface area contributed by atoms with Gasteiger partial charge >= 0.3 is 12.0 Å². The molecular weight excluding hydrogens is 374 g/mol. The van der Waals surface area contributed by atoms with Gasteiger partial charge in [0.15, 0.2) is 0 Å². The van der Waals surface area contributed by atoms with Crippen molar-refractivity contribution >= 4 is 23.6 Å². The minimum Gasteiger partial charge on any atom is -0.496 e. The Hall–Kier alpha value is -3.55. The molecule has 4 N–H and O–H groups in total. The van der Waals surface area contributed by atoms with Crippen molar-refractivity contribution in [1.82, 2.24) is 10.6 Å². The summed E-state index contributed by atoms with van der Waals surface area (Å²) in [5.74, 6) is -0.804. The van der Waals surface area contributed by atoms with Crippen LogP contribution >= 0.6 is 0 Å². The van der Waals surface area contributed by atoms with Gasteiger partial charge in [-0.3, -0.25) is 4.79 Å². The second-order valence-electron chi connectivity index (χ2n) is 6.67. The summed E-state index contributed by atoms with van der Waals surface area (Å²) >= 11 is 0. The van der Waals surface area contributed by atoms with Crippen LogP contribution in [0.3, 0.4) is 0 Å². The van der Waals surface area contributed by atoms with Crippen LogP contribution in [-0.4, -0.2) is 42.7 Å². The van der Waals surface area contributed by atoms with E-state index in [1.165, 1.54) is 19.2 Å². The number of carboxylic acids is 1. The van der Waals surface area contributed by atoms with Crippen LogP contribution in [-0.2, 0) is 6.42 Å². The summed E-state index contributed by atoms with van der Waals surface area (Å²) in [4.78, 5) is 35.0. The highest BCUT2D eigenvalue weighted by molar-refractivity contribution is 5.95. The fourth-order valence-electron chi connectivity index (χ4n) is 2.63. The van der Waals surface area contributed by atoms with E-state index in [0.717, 1.165) is 5.56 Å². The van der Waals surface area contributed by atoms with Crippen molar-refractivity contribution in [2.24, 2.45) is 0 Å². The number of carboxylic acid groups (broad SMARTS) is 1. The van der Waals surface area contributed by atoms with Crippen LogP contribution < -0.4 is 20.7 Å². The van der Waals surface area contributed by atoms with E-state index in [9.17, 15) is 14.4 Å². The molecule has 0 aliphatic heterocycles. The number of rotatable bonds is 8. The van der Waals surface area contributed by atoms with E-state index < -0.39 is 5.97 Å². The molecule has 8 nitrogen and oxygen atoms in total. The summed E-state index contributed by atoms with van der Waals surface area (Å²) in [5, 5.41) is 17.3. The number of methoxy groups -OCH3 is 1. The summed E-state index contributed by atoms with van der Waals surface area (Å²) in [6.07, 6.45) is 0.490. The maximum absolute atomic E-state index is 12.3. The Balaban J connectivity index is 1.89. The minimum absolute atomic E-state index is 0.0269. The van der Waals surface area contributed by atoms with Gasteiger partial charge in [0.2, 0.25) is 0 Å². The van der Waals surface area contributed by atoms with Crippen molar-refractivity contribution < 1.29 is 24.2 Å². The predicted molar refractivity (Wildman–Crippen MR) is 110 cm³/mol. The van der Waals surface area contributed by atoms with Crippen LogP contribution in [0.15, 0.2) is 42.5 Å². The molecule has 0 atom stereocenters. The smallest absolute Gasteiger partial charge is 0.335 e. The molecule has 0 bridgehead atoms. The quantitative estimate of drug-likeness (QED) is 0.545. The van der Waals surface area contributed by atoms with E-state index in [4.69, 9.17) is 9.84 Å². The molecule has 0 spiro atoms. The Morgan fingerprint density at radius 3 is 2.28 bits per heavy atom. The molecule has 0 aliphatic carbocycles.